The Balaban J connectivity index is 2.18. The molecule has 2 rings (SSSR count). The monoisotopic (exact) mass is 350 g/mol. The van der Waals surface area contributed by atoms with Crippen molar-refractivity contribution in [3.8, 4) is 0 Å². The van der Waals surface area contributed by atoms with Gasteiger partial charge in [-0.2, -0.15) is 5.10 Å². The van der Waals surface area contributed by atoms with Gasteiger partial charge < -0.3 is 5.32 Å². The van der Waals surface area contributed by atoms with Crippen LogP contribution in [0.2, 0.25) is 0 Å². The molecule has 0 fully saturated rings. The van der Waals surface area contributed by atoms with Crippen molar-refractivity contribution in [3.05, 3.63) is 41.7 Å². The van der Waals surface area contributed by atoms with Crippen LogP contribution in [0.25, 0.3) is 0 Å². The number of aryl methyl sites for hydroxylation is 1. The van der Waals surface area contributed by atoms with Crippen molar-refractivity contribution in [2.45, 2.75) is 45.2 Å². The minimum atomic E-state index is -3.67. The summed E-state index contributed by atoms with van der Waals surface area (Å²) in [6.45, 7) is 7.81. The highest BCUT2D eigenvalue weighted by atomic mass is 32.2. The second-order valence-electron chi connectivity index (χ2n) is 5.55. The molecule has 130 valence electrons. The van der Waals surface area contributed by atoms with Crippen LogP contribution in [0.3, 0.4) is 0 Å². The van der Waals surface area contributed by atoms with Crippen LogP contribution in [0.1, 0.15) is 38.1 Å². The van der Waals surface area contributed by atoms with Crippen LogP contribution in [0.4, 0.5) is 5.69 Å². The lowest BCUT2D eigenvalue weighted by molar-refractivity contribution is -0.114. The minimum Gasteiger partial charge on any atom is -0.326 e. The van der Waals surface area contributed by atoms with E-state index in [4.69, 9.17) is 0 Å². The number of nitrogens with zero attached hydrogens (tertiary/aromatic N) is 2. The zero-order valence-corrected chi connectivity index (χ0v) is 15.0. The van der Waals surface area contributed by atoms with E-state index in [1.807, 2.05) is 18.5 Å². The number of hydrogen-bond acceptors (Lipinski definition) is 4. The minimum absolute atomic E-state index is 0.143. The van der Waals surface area contributed by atoms with E-state index in [9.17, 15) is 13.2 Å². The summed E-state index contributed by atoms with van der Waals surface area (Å²) in [5.41, 5.74) is 2.33. The van der Waals surface area contributed by atoms with Crippen molar-refractivity contribution in [1.82, 2.24) is 14.5 Å². The van der Waals surface area contributed by atoms with Crippen molar-refractivity contribution < 1.29 is 13.2 Å². The number of carbonyl (C=O) groups is 1. The Morgan fingerprint density at radius 3 is 2.42 bits per heavy atom. The highest BCUT2D eigenvalue weighted by Crippen LogP contribution is 2.21. The van der Waals surface area contributed by atoms with Crippen LogP contribution in [0.5, 0.6) is 0 Å². The van der Waals surface area contributed by atoms with Gasteiger partial charge in [0, 0.05) is 36.5 Å². The molecule has 1 aromatic carbocycles. The van der Waals surface area contributed by atoms with Crippen LogP contribution in [0.15, 0.2) is 35.4 Å². The van der Waals surface area contributed by atoms with E-state index in [-0.39, 0.29) is 10.8 Å². The standard InChI is InChI=1S/C16H22N4O3S/c1-5-20-12(3)16(10-17-20)11(2)19-24(22,23)15-8-6-14(7-9-15)18-13(4)21/h6-11,19H,5H2,1-4H3,(H,18,21). The molecule has 2 aromatic rings. The lowest BCUT2D eigenvalue weighted by atomic mass is 10.1. The van der Waals surface area contributed by atoms with Crippen LogP contribution in [-0.2, 0) is 21.4 Å². The highest BCUT2D eigenvalue weighted by molar-refractivity contribution is 7.89. The fourth-order valence-corrected chi connectivity index (χ4v) is 3.71. The number of amides is 1. The number of benzene rings is 1. The van der Waals surface area contributed by atoms with Crippen molar-refractivity contribution in [1.29, 1.82) is 0 Å². The summed E-state index contributed by atoms with van der Waals surface area (Å²) in [7, 11) is -3.67. The smallest absolute Gasteiger partial charge is 0.241 e. The molecule has 0 radical (unpaired) electrons. The predicted octanol–water partition coefficient (Wildman–Crippen LogP) is 2.21. The number of nitrogens with one attached hydrogen (secondary N) is 2. The molecule has 0 spiro atoms. The normalized spacial score (nSPS) is 12.8. The number of anilines is 1. The van der Waals surface area contributed by atoms with E-state index in [1.54, 1.807) is 25.3 Å². The third kappa shape index (κ3) is 4.01. The number of hydrogen-bond donors (Lipinski definition) is 2. The highest BCUT2D eigenvalue weighted by Gasteiger charge is 2.21. The summed E-state index contributed by atoms with van der Waals surface area (Å²) in [4.78, 5) is 11.1. The lowest BCUT2D eigenvalue weighted by Gasteiger charge is -2.14. The van der Waals surface area contributed by atoms with Crippen LogP contribution >= 0.6 is 0 Å². The van der Waals surface area contributed by atoms with Gasteiger partial charge in [-0.3, -0.25) is 9.48 Å². The van der Waals surface area contributed by atoms with Crippen LogP contribution < -0.4 is 10.0 Å². The molecule has 8 heteroatoms. The molecule has 0 bridgehead atoms. The number of sulfonamides is 1. The van der Waals surface area contributed by atoms with Crippen molar-refractivity contribution in [3.63, 3.8) is 0 Å². The maximum absolute atomic E-state index is 12.5. The Morgan fingerprint density at radius 1 is 1.29 bits per heavy atom. The Bertz CT molecular complexity index is 826. The van der Waals surface area contributed by atoms with E-state index < -0.39 is 16.1 Å². The van der Waals surface area contributed by atoms with Gasteiger partial charge in [-0.05, 0) is 45.0 Å². The van der Waals surface area contributed by atoms with Crippen molar-refractivity contribution in [2.75, 3.05) is 5.32 Å². The first-order valence-corrected chi connectivity index (χ1v) is 9.15. The third-order valence-electron chi connectivity index (χ3n) is 3.72. The van der Waals surface area contributed by atoms with Gasteiger partial charge in [-0.25, -0.2) is 13.1 Å². The number of carbonyl (C=O) groups excluding carboxylic acids is 1. The molecule has 0 aliphatic rings. The average Bonchev–Trinajstić information content (AvgIpc) is 2.87. The summed E-state index contributed by atoms with van der Waals surface area (Å²) in [5, 5.41) is 6.84. The van der Waals surface area contributed by atoms with Gasteiger partial charge in [0.1, 0.15) is 0 Å². The molecule has 1 amide bonds. The molecule has 0 aliphatic carbocycles. The predicted molar refractivity (Wildman–Crippen MR) is 92.1 cm³/mol. The Labute approximate surface area is 142 Å². The largest absolute Gasteiger partial charge is 0.326 e. The molecular formula is C16H22N4O3S. The molecule has 7 nitrogen and oxygen atoms in total. The van der Waals surface area contributed by atoms with Crippen molar-refractivity contribution >= 4 is 21.6 Å². The topological polar surface area (TPSA) is 93.1 Å². The molecular weight excluding hydrogens is 328 g/mol. The molecule has 1 aromatic heterocycles. The fourth-order valence-electron chi connectivity index (χ4n) is 2.49. The van der Waals surface area contributed by atoms with Crippen LogP contribution in [-0.4, -0.2) is 24.1 Å². The third-order valence-corrected chi connectivity index (χ3v) is 5.28. The summed E-state index contributed by atoms with van der Waals surface area (Å²) in [5.74, 6) is -0.208. The average molecular weight is 350 g/mol. The first kappa shape index (κ1) is 18.2. The molecule has 1 heterocycles. The molecule has 1 atom stereocenters. The molecule has 0 saturated heterocycles. The van der Waals surface area contributed by atoms with E-state index >= 15 is 0 Å². The molecule has 1 unspecified atom stereocenters. The summed E-state index contributed by atoms with van der Waals surface area (Å²) < 4.78 is 29.5. The Morgan fingerprint density at radius 2 is 1.92 bits per heavy atom. The number of aromatic nitrogens is 2. The quantitative estimate of drug-likeness (QED) is 0.835. The van der Waals surface area contributed by atoms with Gasteiger partial charge in [-0.1, -0.05) is 0 Å². The molecule has 0 saturated carbocycles. The zero-order valence-electron chi connectivity index (χ0n) is 14.2. The van der Waals surface area contributed by atoms with E-state index in [2.05, 4.69) is 15.1 Å². The maximum atomic E-state index is 12.5. The van der Waals surface area contributed by atoms with Gasteiger partial charge in [0.15, 0.2) is 0 Å². The van der Waals surface area contributed by atoms with Crippen molar-refractivity contribution in [2.24, 2.45) is 0 Å². The summed E-state index contributed by atoms with van der Waals surface area (Å²) in [6.07, 6.45) is 1.69. The van der Waals surface area contributed by atoms with Gasteiger partial charge >= 0.3 is 0 Å². The summed E-state index contributed by atoms with van der Waals surface area (Å²) in [6, 6.07) is 5.64. The van der Waals surface area contributed by atoms with Gasteiger partial charge in [-0.15, -0.1) is 0 Å². The summed E-state index contributed by atoms with van der Waals surface area (Å²) >= 11 is 0. The number of rotatable bonds is 6. The first-order valence-electron chi connectivity index (χ1n) is 7.67. The van der Waals surface area contributed by atoms with E-state index in [0.717, 1.165) is 17.8 Å². The van der Waals surface area contributed by atoms with Crippen LogP contribution in [0, 0.1) is 6.92 Å². The zero-order chi connectivity index (χ0) is 17.9. The van der Waals surface area contributed by atoms with Gasteiger partial charge in [0.05, 0.1) is 11.1 Å². The fraction of sp³-hybridized carbons (Fsp3) is 0.375. The first-order chi connectivity index (χ1) is 11.2. The molecule has 0 aliphatic heterocycles. The Hall–Kier alpha value is -2.19. The maximum Gasteiger partial charge on any atom is 0.241 e. The lowest BCUT2D eigenvalue weighted by Crippen LogP contribution is -2.27. The SMILES string of the molecule is CCn1ncc(C(C)NS(=O)(=O)c2ccc(NC(C)=O)cc2)c1C. The Kier molecular flexibility index (Phi) is 5.40. The van der Waals surface area contributed by atoms with E-state index in [0.29, 0.717) is 5.69 Å². The second kappa shape index (κ2) is 7.14. The second-order valence-corrected chi connectivity index (χ2v) is 7.26. The van der Waals surface area contributed by atoms with Gasteiger partial charge in [0.2, 0.25) is 15.9 Å². The van der Waals surface area contributed by atoms with E-state index in [1.165, 1.54) is 19.1 Å². The molecule has 24 heavy (non-hydrogen) atoms. The molecule has 2 N–H and O–H groups in total. The van der Waals surface area contributed by atoms with Gasteiger partial charge in [0.25, 0.3) is 0 Å².